The van der Waals surface area contributed by atoms with Gasteiger partial charge in [-0.15, -0.1) is 0 Å². The number of methoxy groups -OCH3 is 1. The molecule has 1 aliphatic rings. The van der Waals surface area contributed by atoms with Crippen LogP contribution in [-0.2, 0) is 0 Å². The highest BCUT2D eigenvalue weighted by molar-refractivity contribution is 7.99. The van der Waals surface area contributed by atoms with Gasteiger partial charge in [0.25, 0.3) is 5.91 Å². The first-order valence-corrected chi connectivity index (χ1v) is 10.5. The Kier molecular flexibility index (Phi) is 6.65. The van der Waals surface area contributed by atoms with Crippen LogP contribution in [0, 0.1) is 0 Å². The monoisotopic (exact) mass is 459 g/mol. The zero-order valence-corrected chi connectivity index (χ0v) is 17.8. The zero-order chi connectivity index (χ0) is 22.5. The van der Waals surface area contributed by atoms with Crippen LogP contribution < -0.4 is 24.3 Å². The van der Waals surface area contributed by atoms with Crippen molar-refractivity contribution in [1.82, 2.24) is 0 Å². The Bertz CT molecular complexity index is 1110. The second-order valence-corrected chi connectivity index (χ2v) is 7.72. The molecule has 4 rings (SSSR count). The molecule has 1 aliphatic heterocycles. The average molecular weight is 459 g/mol. The molecule has 9 heteroatoms. The molecular formula is C23H19F2NO5S. The Morgan fingerprint density at radius 3 is 2.41 bits per heavy atom. The lowest BCUT2D eigenvalue weighted by molar-refractivity contribution is -0.0512. The number of carbonyl (C=O) groups is 1. The zero-order valence-electron chi connectivity index (χ0n) is 17.0. The molecule has 0 aliphatic carbocycles. The molecule has 1 N–H and O–H groups in total. The summed E-state index contributed by atoms with van der Waals surface area (Å²) in [6.07, 6.45) is 0. The normalized spacial score (nSPS) is 12.4. The summed E-state index contributed by atoms with van der Waals surface area (Å²) in [6.45, 7) is -2.21. The molecule has 0 bridgehead atoms. The fourth-order valence-corrected chi connectivity index (χ4v) is 4.00. The van der Waals surface area contributed by atoms with E-state index in [9.17, 15) is 13.6 Å². The maximum absolute atomic E-state index is 12.9. The van der Waals surface area contributed by atoms with Crippen molar-refractivity contribution in [3.05, 3.63) is 66.2 Å². The Labute approximate surface area is 187 Å². The van der Waals surface area contributed by atoms with Gasteiger partial charge in [0.2, 0.25) is 0 Å². The highest BCUT2D eigenvalue weighted by Crippen LogP contribution is 2.42. The molecular weight excluding hydrogens is 440 g/mol. The molecule has 0 unspecified atom stereocenters. The molecule has 0 atom stereocenters. The quantitative estimate of drug-likeness (QED) is 0.505. The fraction of sp³-hybridized carbons (Fsp3) is 0.174. The van der Waals surface area contributed by atoms with Gasteiger partial charge >= 0.3 is 6.61 Å². The van der Waals surface area contributed by atoms with E-state index in [1.807, 2.05) is 30.3 Å². The molecule has 32 heavy (non-hydrogen) atoms. The van der Waals surface area contributed by atoms with Crippen molar-refractivity contribution in [3.63, 3.8) is 0 Å². The van der Waals surface area contributed by atoms with Crippen molar-refractivity contribution in [2.45, 2.75) is 16.4 Å². The van der Waals surface area contributed by atoms with E-state index < -0.39 is 12.5 Å². The molecule has 0 saturated heterocycles. The molecule has 1 amide bonds. The molecule has 0 fully saturated rings. The lowest BCUT2D eigenvalue weighted by Gasteiger charge is -2.21. The van der Waals surface area contributed by atoms with Crippen molar-refractivity contribution < 1.29 is 32.5 Å². The van der Waals surface area contributed by atoms with Crippen molar-refractivity contribution in [2.75, 3.05) is 25.6 Å². The maximum atomic E-state index is 12.9. The van der Waals surface area contributed by atoms with E-state index >= 15 is 0 Å². The van der Waals surface area contributed by atoms with E-state index in [2.05, 4.69) is 10.1 Å². The number of hydrogen-bond donors (Lipinski definition) is 1. The topological polar surface area (TPSA) is 66.0 Å². The number of hydrogen-bond acceptors (Lipinski definition) is 6. The number of alkyl halides is 2. The van der Waals surface area contributed by atoms with Crippen LogP contribution >= 0.6 is 11.8 Å². The van der Waals surface area contributed by atoms with Gasteiger partial charge in [0.15, 0.2) is 23.0 Å². The van der Waals surface area contributed by atoms with E-state index in [-0.39, 0.29) is 17.1 Å². The highest BCUT2D eigenvalue weighted by atomic mass is 32.2. The number of carbonyl (C=O) groups excluding carboxylic acids is 1. The largest absolute Gasteiger partial charge is 0.493 e. The molecule has 6 nitrogen and oxygen atoms in total. The molecule has 0 saturated carbocycles. The summed E-state index contributed by atoms with van der Waals surface area (Å²) < 4.78 is 46.3. The van der Waals surface area contributed by atoms with Crippen LogP contribution in [0.5, 0.6) is 23.0 Å². The second kappa shape index (κ2) is 9.78. The fourth-order valence-electron chi connectivity index (χ4n) is 3.07. The number of amides is 1. The molecule has 0 spiro atoms. The van der Waals surface area contributed by atoms with Gasteiger partial charge in [0, 0.05) is 27.5 Å². The molecule has 0 aromatic heterocycles. The Morgan fingerprint density at radius 1 is 1.00 bits per heavy atom. The average Bonchev–Trinajstić information content (AvgIpc) is 2.79. The summed E-state index contributed by atoms with van der Waals surface area (Å²) in [6, 6.07) is 17.2. The second-order valence-electron chi connectivity index (χ2n) is 6.61. The molecule has 3 aromatic rings. The number of anilines is 1. The van der Waals surface area contributed by atoms with E-state index in [0.29, 0.717) is 30.4 Å². The summed E-state index contributed by atoms with van der Waals surface area (Å²) in [5.41, 5.74) is 0.632. The first kappa shape index (κ1) is 21.8. The first-order valence-electron chi connectivity index (χ1n) is 9.64. The van der Waals surface area contributed by atoms with Crippen LogP contribution in [0.3, 0.4) is 0 Å². The van der Waals surface area contributed by atoms with Crippen LogP contribution in [0.25, 0.3) is 0 Å². The van der Waals surface area contributed by atoms with E-state index in [1.165, 1.54) is 37.1 Å². The Balaban J connectivity index is 1.65. The minimum Gasteiger partial charge on any atom is -0.493 e. The van der Waals surface area contributed by atoms with Crippen molar-refractivity contribution in [1.29, 1.82) is 0 Å². The van der Waals surface area contributed by atoms with E-state index in [0.717, 1.165) is 9.79 Å². The summed E-state index contributed by atoms with van der Waals surface area (Å²) in [5.74, 6) is 0.473. The van der Waals surface area contributed by atoms with Crippen molar-refractivity contribution in [2.24, 2.45) is 0 Å². The lowest BCUT2D eigenvalue weighted by atomic mass is 10.1. The molecule has 3 aromatic carbocycles. The van der Waals surface area contributed by atoms with E-state index in [4.69, 9.17) is 14.2 Å². The smallest absolute Gasteiger partial charge is 0.387 e. The van der Waals surface area contributed by atoms with Gasteiger partial charge in [-0.3, -0.25) is 4.79 Å². The predicted molar refractivity (Wildman–Crippen MR) is 116 cm³/mol. The third-order valence-electron chi connectivity index (χ3n) is 4.51. The van der Waals surface area contributed by atoms with Gasteiger partial charge in [-0.2, -0.15) is 8.78 Å². The number of fused-ring (bicyclic) bond motifs is 1. The summed E-state index contributed by atoms with van der Waals surface area (Å²) >= 11 is 1.45. The molecule has 1 heterocycles. The van der Waals surface area contributed by atoms with Gasteiger partial charge in [0.1, 0.15) is 13.2 Å². The molecule has 166 valence electrons. The van der Waals surface area contributed by atoms with Crippen LogP contribution in [0.4, 0.5) is 14.5 Å². The minimum atomic E-state index is -3.05. The number of rotatable bonds is 7. The van der Waals surface area contributed by atoms with Crippen LogP contribution in [0.15, 0.2) is 70.5 Å². The predicted octanol–water partition coefficient (Wildman–Crippen LogP) is 5.47. The number of halogens is 2. The van der Waals surface area contributed by atoms with Gasteiger partial charge in [-0.1, -0.05) is 30.0 Å². The van der Waals surface area contributed by atoms with Gasteiger partial charge in [-0.05, 0) is 30.3 Å². The van der Waals surface area contributed by atoms with Crippen LogP contribution in [0.2, 0.25) is 0 Å². The Morgan fingerprint density at radius 2 is 1.72 bits per heavy atom. The van der Waals surface area contributed by atoms with Gasteiger partial charge < -0.3 is 24.3 Å². The summed E-state index contributed by atoms with van der Waals surface area (Å²) in [5, 5.41) is 2.84. The van der Waals surface area contributed by atoms with Crippen molar-refractivity contribution in [3.8, 4) is 23.0 Å². The number of ether oxygens (including phenoxy) is 4. The number of nitrogens with one attached hydrogen (secondary N) is 1. The standard InChI is InChI=1S/C23H19F2NO5S/c1-28-17-8-7-14(11-20(17)31-23(24)25)22(27)26-16-12-18-19(30-10-9-29-18)13-21(16)32-15-5-3-2-4-6-15/h2-8,11-13,23H,9-10H2,1H3,(H,26,27). The summed E-state index contributed by atoms with van der Waals surface area (Å²) in [4.78, 5) is 14.7. The SMILES string of the molecule is COc1ccc(C(=O)Nc2cc3c(cc2Sc2ccccc2)OCCO3)cc1OC(F)F. The van der Waals surface area contributed by atoms with Crippen LogP contribution in [-0.4, -0.2) is 32.8 Å². The third kappa shape index (κ3) is 5.05. The van der Waals surface area contributed by atoms with Crippen LogP contribution in [0.1, 0.15) is 10.4 Å². The van der Waals surface area contributed by atoms with Gasteiger partial charge in [0.05, 0.1) is 12.8 Å². The van der Waals surface area contributed by atoms with E-state index in [1.54, 1.807) is 12.1 Å². The Hall–Kier alpha value is -3.46. The highest BCUT2D eigenvalue weighted by Gasteiger charge is 2.20. The maximum Gasteiger partial charge on any atom is 0.387 e. The van der Waals surface area contributed by atoms with Gasteiger partial charge in [-0.25, -0.2) is 0 Å². The minimum absolute atomic E-state index is 0.0986. The summed E-state index contributed by atoms with van der Waals surface area (Å²) in [7, 11) is 1.33. The van der Waals surface area contributed by atoms with Crippen molar-refractivity contribution >= 4 is 23.4 Å². The lowest BCUT2D eigenvalue weighted by Crippen LogP contribution is -2.17. The third-order valence-corrected chi connectivity index (χ3v) is 5.57. The number of benzene rings is 3. The first-order chi connectivity index (χ1) is 15.5. The molecule has 0 radical (unpaired) electrons.